The van der Waals surface area contributed by atoms with Crippen LogP contribution in [0.3, 0.4) is 0 Å². The topological polar surface area (TPSA) is 71.1 Å². The Morgan fingerprint density at radius 3 is 2.83 bits per heavy atom. The minimum atomic E-state index is -3.42. The summed E-state index contributed by atoms with van der Waals surface area (Å²) in [4.78, 5) is 4.15. The molecule has 1 aromatic rings. The van der Waals surface area contributed by atoms with Crippen molar-refractivity contribution >= 4 is 21.4 Å². The van der Waals surface area contributed by atoms with E-state index in [0.717, 1.165) is 30.1 Å². The summed E-state index contributed by atoms with van der Waals surface area (Å²) in [6.07, 6.45) is 2.93. The normalized spacial score (nSPS) is 16.7. The predicted molar refractivity (Wildman–Crippen MR) is 72.3 cm³/mol. The van der Waals surface area contributed by atoms with Gasteiger partial charge < -0.3 is 5.32 Å². The first-order valence-electron chi connectivity index (χ1n) is 5.81. The molecule has 0 saturated carbocycles. The first-order valence-corrected chi connectivity index (χ1v) is 8.11. The lowest BCUT2D eigenvalue weighted by Crippen LogP contribution is -2.29. The van der Waals surface area contributed by atoms with Gasteiger partial charge in [0.1, 0.15) is 0 Å². The summed E-state index contributed by atoms with van der Waals surface area (Å²) in [6, 6.07) is 0. The summed E-state index contributed by atoms with van der Waals surface area (Å²) in [7, 11) is -3.42. The molecule has 0 fully saturated rings. The van der Waals surface area contributed by atoms with Gasteiger partial charge in [0.25, 0.3) is 10.0 Å². The Balaban J connectivity index is 2.08. The van der Waals surface area contributed by atoms with Gasteiger partial charge in [-0.05, 0) is 26.8 Å². The summed E-state index contributed by atoms with van der Waals surface area (Å²) < 4.78 is 27.2. The zero-order valence-electron chi connectivity index (χ0n) is 10.5. The van der Waals surface area contributed by atoms with E-state index in [1.165, 1.54) is 11.3 Å². The molecule has 0 aliphatic carbocycles. The first kappa shape index (κ1) is 13.7. The Bertz CT molecular complexity index is 561. The van der Waals surface area contributed by atoms with Crippen molar-refractivity contribution in [3.05, 3.63) is 22.4 Å². The van der Waals surface area contributed by atoms with Gasteiger partial charge in [-0.1, -0.05) is 11.6 Å². The molecule has 0 saturated heterocycles. The van der Waals surface area contributed by atoms with Crippen LogP contribution >= 0.6 is 11.3 Å². The lowest BCUT2D eigenvalue weighted by atomic mass is 10.1. The number of aromatic nitrogens is 1. The van der Waals surface area contributed by atoms with Crippen LogP contribution in [0.1, 0.15) is 17.1 Å². The fourth-order valence-electron chi connectivity index (χ4n) is 1.85. The van der Waals surface area contributed by atoms with E-state index in [-0.39, 0.29) is 0 Å². The molecule has 0 spiro atoms. The van der Waals surface area contributed by atoms with Crippen LogP contribution in [0.5, 0.6) is 0 Å². The lowest BCUT2D eigenvalue weighted by Gasteiger charge is -2.14. The van der Waals surface area contributed by atoms with E-state index in [4.69, 9.17) is 0 Å². The first-order chi connectivity index (χ1) is 8.49. The van der Waals surface area contributed by atoms with Crippen LogP contribution in [0.2, 0.25) is 0 Å². The molecule has 2 rings (SSSR count). The maximum absolute atomic E-state index is 12.1. The molecule has 1 aromatic heterocycles. The van der Waals surface area contributed by atoms with Crippen LogP contribution in [-0.2, 0) is 10.0 Å². The van der Waals surface area contributed by atoms with Crippen LogP contribution < -0.4 is 10.0 Å². The van der Waals surface area contributed by atoms with Gasteiger partial charge in [-0.2, -0.15) is 0 Å². The SMILES string of the molecule is Cc1nc(C)c(S(=O)(=O)NCC2=CCNCC2)s1. The Morgan fingerprint density at radius 2 is 2.28 bits per heavy atom. The smallest absolute Gasteiger partial charge is 0.252 e. The number of thiazole rings is 1. The highest BCUT2D eigenvalue weighted by Gasteiger charge is 2.20. The number of rotatable bonds is 4. The highest BCUT2D eigenvalue weighted by molar-refractivity contribution is 7.91. The number of nitrogens with one attached hydrogen (secondary N) is 2. The maximum Gasteiger partial charge on any atom is 0.252 e. The van der Waals surface area contributed by atoms with Crippen molar-refractivity contribution in [2.24, 2.45) is 0 Å². The Kier molecular flexibility index (Phi) is 4.16. The minimum Gasteiger partial charge on any atom is -0.313 e. The molecule has 18 heavy (non-hydrogen) atoms. The van der Waals surface area contributed by atoms with Gasteiger partial charge in [0.15, 0.2) is 4.21 Å². The van der Waals surface area contributed by atoms with Crippen molar-refractivity contribution in [1.82, 2.24) is 15.0 Å². The largest absolute Gasteiger partial charge is 0.313 e. The number of hydrogen-bond acceptors (Lipinski definition) is 5. The maximum atomic E-state index is 12.1. The lowest BCUT2D eigenvalue weighted by molar-refractivity contribution is 0.583. The second-order valence-corrected chi connectivity index (χ2v) is 7.41. The van der Waals surface area contributed by atoms with Gasteiger partial charge in [0, 0.05) is 13.1 Å². The van der Waals surface area contributed by atoms with Crippen LogP contribution in [0, 0.1) is 13.8 Å². The Hall–Kier alpha value is -0.760. The van der Waals surface area contributed by atoms with E-state index < -0.39 is 10.0 Å². The van der Waals surface area contributed by atoms with Gasteiger partial charge in [0.2, 0.25) is 0 Å². The van der Waals surface area contributed by atoms with E-state index in [1.54, 1.807) is 6.92 Å². The van der Waals surface area contributed by atoms with Gasteiger partial charge in [-0.15, -0.1) is 11.3 Å². The average Bonchev–Trinajstić information content (AvgIpc) is 2.68. The molecule has 100 valence electrons. The van der Waals surface area contributed by atoms with Gasteiger partial charge >= 0.3 is 0 Å². The molecule has 0 radical (unpaired) electrons. The zero-order chi connectivity index (χ0) is 13.2. The van der Waals surface area contributed by atoms with Crippen molar-refractivity contribution in [2.45, 2.75) is 24.5 Å². The van der Waals surface area contributed by atoms with Gasteiger partial charge in [-0.3, -0.25) is 0 Å². The average molecular weight is 287 g/mol. The molecule has 0 atom stereocenters. The third-order valence-corrected chi connectivity index (χ3v) is 5.84. The molecule has 2 N–H and O–H groups in total. The number of aryl methyl sites for hydroxylation is 2. The van der Waals surface area contributed by atoms with Crippen LogP contribution in [0.25, 0.3) is 0 Å². The summed E-state index contributed by atoms with van der Waals surface area (Å²) in [6.45, 7) is 5.65. The summed E-state index contributed by atoms with van der Waals surface area (Å²) in [5, 5.41) is 3.97. The molecular formula is C11H17N3O2S2. The summed E-state index contributed by atoms with van der Waals surface area (Å²) in [5.74, 6) is 0. The predicted octanol–water partition coefficient (Wildman–Crippen LogP) is 0.958. The fraction of sp³-hybridized carbons (Fsp3) is 0.545. The molecule has 2 heterocycles. The highest BCUT2D eigenvalue weighted by atomic mass is 32.2. The summed E-state index contributed by atoms with van der Waals surface area (Å²) >= 11 is 1.21. The molecule has 0 unspecified atom stereocenters. The second-order valence-electron chi connectivity index (χ2n) is 4.25. The van der Waals surface area contributed by atoms with Crippen molar-refractivity contribution in [1.29, 1.82) is 0 Å². The third kappa shape index (κ3) is 3.17. The van der Waals surface area contributed by atoms with E-state index >= 15 is 0 Å². The van der Waals surface area contributed by atoms with Crippen LogP contribution in [0.15, 0.2) is 15.9 Å². The Labute approximate surface area is 111 Å². The van der Waals surface area contributed by atoms with Gasteiger partial charge in [-0.25, -0.2) is 18.1 Å². The molecule has 0 bridgehead atoms. The monoisotopic (exact) mass is 287 g/mol. The number of sulfonamides is 1. The fourth-order valence-corrected chi connectivity index (χ4v) is 4.41. The highest BCUT2D eigenvalue weighted by Crippen LogP contribution is 2.22. The van der Waals surface area contributed by atoms with Crippen LogP contribution in [-0.4, -0.2) is 33.0 Å². The molecule has 1 aliphatic heterocycles. The van der Waals surface area contributed by atoms with E-state index in [2.05, 4.69) is 15.0 Å². The zero-order valence-corrected chi connectivity index (χ0v) is 12.1. The number of hydrogen-bond donors (Lipinski definition) is 2. The molecule has 0 aromatic carbocycles. The third-order valence-electron chi connectivity index (χ3n) is 2.75. The second kappa shape index (κ2) is 5.48. The quantitative estimate of drug-likeness (QED) is 0.809. The molecule has 1 aliphatic rings. The molecule has 0 amide bonds. The molecular weight excluding hydrogens is 270 g/mol. The summed E-state index contributed by atoms with van der Waals surface area (Å²) in [5.41, 5.74) is 1.71. The molecule has 5 nitrogen and oxygen atoms in total. The minimum absolute atomic E-state index is 0.328. The van der Waals surface area contributed by atoms with Crippen molar-refractivity contribution in [2.75, 3.05) is 19.6 Å². The van der Waals surface area contributed by atoms with Crippen molar-refractivity contribution in [3.63, 3.8) is 0 Å². The van der Waals surface area contributed by atoms with Crippen molar-refractivity contribution in [3.8, 4) is 0 Å². The van der Waals surface area contributed by atoms with Crippen molar-refractivity contribution < 1.29 is 8.42 Å². The Morgan fingerprint density at radius 1 is 1.50 bits per heavy atom. The van der Waals surface area contributed by atoms with E-state index in [9.17, 15) is 8.42 Å². The van der Waals surface area contributed by atoms with E-state index in [0.29, 0.717) is 16.4 Å². The number of nitrogens with zero attached hydrogens (tertiary/aromatic N) is 1. The molecule has 7 heteroatoms. The van der Waals surface area contributed by atoms with E-state index in [1.807, 2.05) is 13.0 Å². The van der Waals surface area contributed by atoms with Gasteiger partial charge in [0.05, 0.1) is 10.7 Å². The standard InChI is InChI=1S/C11H17N3O2S2/c1-8-11(17-9(2)14-8)18(15,16)13-7-10-3-5-12-6-4-10/h3,12-13H,4-7H2,1-2H3. The van der Waals surface area contributed by atoms with Crippen LogP contribution in [0.4, 0.5) is 0 Å².